The third-order valence-electron chi connectivity index (χ3n) is 2.89. The lowest BCUT2D eigenvalue weighted by atomic mass is 9.85. The summed E-state index contributed by atoms with van der Waals surface area (Å²) < 4.78 is 2.20. The number of hydrogen-bond donors (Lipinski definition) is 1. The van der Waals surface area contributed by atoms with Gasteiger partial charge in [-0.1, -0.05) is 6.42 Å². The Bertz CT molecular complexity index is 273. The van der Waals surface area contributed by atoms with E-state index in [0.29, 0.717) is 0 Å². The first-order chi connectivity index (χ1) is 6.27. The molecule has 1 atom stereocenters. The maximum atomic E-state index is 5.83. The highest BCUT2D eigenvalue weighted by Crippen LogP contribution is 2.28. The topological polar surface area (TPSA) is 43.8 Å². The first kappa shape index (κ1) is 8.75. The van der Waals surface area contributed by atoms with Crippen LogP contribution in [0.1, 0.15) is 37.9 Å². The van der Waals surface area contributed by atoms with Crippen LogP contribution in [0.4, 0.5) is 0 Å². The van der Waals surface area contributed by atoms with E-state index >= 15 is 0 Å². The van der Waals surface area contributed by atoms with Gasteiger partial charge in [0.05, 0.1) is 12.0 Å². The van der Waals surface area contributed by atoms with Crippen molar-refractivity contribution in [2.75, 3.05) is 0 Å². The van der Waals surface area contributed by atoms with Crippen molar-refractivity contribution in [1.82, 2.24) is 9.55 Å². The van der Waals surface area contributed by atoms with E-state index in [9.17, 15) is 0 Å². The van der Waals surface area contributed by atoms with Gasteiger partial charge in [-0.05, 0) is 25.7 Å². The average Bonchev–Trinajstić information content (AvgIpc) is 2.44. The molecule has 3 heteroatoms. The normalized spacial score (nSPS) is 19.8. The fraction of sp³-hybridized carbons (Fsp3) is 0.700. The van der Waals surface area contributed by atoms with Gasteiger partial charge >= 0.3 is 0 Å². The highest BCUT2D eigenvalue weighted by atomic mass is 15.1. The largest absolute Gasteiger partial charge is 0.333 e. The molecule has 0 spiro atoms. The van der Waals surface area contributed by atoms with Gasteiger partial charge in [0.25, 0.3) is 0 Å². The minimum atomic E-state index is 0.0996. The molecule has 1 heterocycles. The lowest BCUT2D eigenvalue weighted by molar-refractivity contribution is 0.273. The van der Waals surface area contributed by atoms with Crippen LogP contribution in [-0.2, 0) is 6.54 Å². The number of hydrogen-bond acceptors (Lipinski definition) is 2. The quantitative estimate of drug-likeness (QED) is 0.767. The molecule has 1 aromatic heterocycles. The molecule has 0 bridgehead atoms. The van der Waals surface area contributed by atoms with Crippen LogP contribution < -0.4 is 5.73 Å². The van der Waals surface area contributed by atoms with E-state index in [0.717, 1.165) is 18.2 Å². The van der Waals surface area contributed by atoms with Crippen molar-refractivity contribution in [1.29, 1.82) is 0 Å². The molecule has 72 valence electrons. The van der Waals surface area contributed by atoms with Crippen LogP contribution in [0.5, 0.6) is 0 Å². The summed E-state index contributed by atoms with van der Waals surface area (Å²) in [5.41, 5.74) is 6.99. The molecule has 0 aliphatic heterocycles. The van der Waals surface area contributed by atoms with E-state index in [1.807, 2.05) is 19.4 Å². The maximum Gasteiger partial charge on any atom is 0.0948 e. The van der Waals surface area contributed by atoms with Gasteiger partial charge in [0.15, 0.2) is 0 Å². The van der Waals surface area contributed by atoms with Gasteiger partial charge in [0.1, 0.15) is 0 Å². The van der Waals surface area contributed by atoms with Crippen molar-refractivity contribution >= 4 is 0 Å². The molecule has 0 aromatic carbocycles. The summed E-state index contributed by atoms with van der Waals surface area (Å²) in [6.07, 6.45) is 7.92. The molecule has 1 aliphatic carbocycles. The smallest absolute Gasteiger partial charge is 0.0948 e. The van der Waals surface area contributed by atoms with E-state index < -0.39 is 0 Å². The number of nitrogens with two attached hydrogens (primary N) is 1. The molecule has 0 unspecified atom stereocenters. The highest BCUT2D eigenvalue weighted by Gasteiger charge is 2.19. The van der Waals surface area contributed by atoms with Gasteiger partial charge in [-0.15, -0.1) is 0 Å². The van der Waals surface area contributed by atoms with Crippen LogP contribution in [0.15, 0.2) is 12.5 Å². The fourth-order valence-corrected chi connectivity index (χ4v) is 1.82. The molecule has 0 amide bonds. The summed E-state index contributed by atoms with van der Waals surface area (Å²) in [4.78, 5) is 4.14. The maximum absolute atomic E-state index is 5.83. The Morgan fingerprint density at radius 1 is 1.69 bits per heavy atom. The van der Waals surface area contributed by atoms with E-state index in [4.69, 9.17) is 5.73 Å². The average molecular weight is 179 g/mol. The van der Waals surface area contributed by atoms with E-state index in [1.54, 1.807) is 0 Å². The van der Waals surface area contributed by atoms with Crippen LogP contribution in [0.2, 0.25) is 0 Å². The summed E-state index contributed by atoms with van der Waals surface area (Å²) in [7, 11) is 0. The summed E-state index contributed by atoms with van der Waals surface area (Å²) in [6.45, 7) is 3.12. The zero-order chi connectivity index (χ0) is 9.26. The Labute approximate surface area is 79.0 Å². The Hall–Kier alpha value is -0.830. The number of rotatable bonds is 3. The highest BCUT2D eigenvalue weighted by molar-refractivity contribution is 5.03. The molecule has 2 N–H and O–H groups in total. The lowest BCUT2D eigenvalue weighted by Crippen LogP contribution is -2.20. The molecule has 1 saturated carbocycles. The van der Waals surface area contributed by atoms with Crippen LogP contribution in [0, 0.1) is 5.92 Å². The van der Waals surface area contributed by atoms with Crippen LogP contribution in [-0.4, -0.2) is 9.55 Å². The van der Waals surface area contributed by atoms with Gasteiger partial charge in [0.2, 0.25) is 0 Å². The van der Waals surface area contributed by atoms with Crippen LogP contribution in [0.3, 0.4) is 0 Å². The molecular formula is C10H17N3. The second-order valence-electron chi connectivity index (χ2n) is 4.06. The Morgan fingerprint density at radius 3 is 3.00 bits per heavy atom. The first-order valence-electron chi connectivity index (χ1n) is 5.03. The molecular weight excluding hydrogens is 162 g/mol. The van der Waals surface area contributed by atoms with Gasteiger partial charge in [-0.2, -0.15) is 0 Å². The van der Waals surface area contributed by atoms with Gasteiger partial charge < -0.3 is 10.3 Å². The third-order valence-corrected chi connectivity index (χ3v) is 2.89. The zero-order valence-electron chi connectivity index (χ0n) is 8.11. The van der Waals surface area contributed by atoms with E-state index in [-0.39, 0.29) is 6.04 Å². The molecule has 0 radical (unpaired) electrons. The van der Waals surface area contributed by atoms with Crippen molar-refractivity contribution in [3.8, 4) is 0 Å². The molecule has 1 aliphatic rings. The lowest BCUT2D eigenvalue weighted by Gasteiger charge is -2.26. The second-order valence-corrected chi connectivity index (χ2v) is 4.06. The van der Waals surface area contributed by atoms with Crippen molar-refractivity contribution in [2.45, 2.75) is 38.8 Å². The zero-order valence-corrected chi connectivity index (χ0v) is 8.11. The SMILES string of the molecule is C[C@@H](N)c1cncn1CC1CCC1. The van der Waals surface area contributed by atoms with Crippen molar-refractivity contribution < 1.29 is 0 Å². The second kappa shape index (κ2) is 3.50. The Morgan fingerprint density at radius 2 is 2.46 bits per heavy atom. The monoisotopic (exact) mass is 179 g/mol. The number of imidazole rings is 1. The fourth-order valence-electron chi connectivity index (χ4n) is 1.82. The van der Waals surface area contributed by atoms with Gasteiger partial charge in [0, 0.05) is 18.8 Å². The van der Waals surface area contributed by atoms with Crippen LogP contribution >= 0.6 is 0 Å². The molecule has 2 rings (SSSR count). The standard InChI is InChI=1S/C10H17N3/c1-8(11)10-5-12-7-13(10)6-9-3-2-4-9/h5,7-9H,2-4,6,11H2,1H3/t8-/m1/s1. The minimum absolute atomic E-state index is 0.0996. The Balaban J connectivity index is 2.05. The predicted octanol–water partition coefficient (Wildman–Crippen LogP) is 1.70. The molecule has 0 saturated heterocycles. The summed E-state index contributed by atoms with van der Waals surface area (Å²) in [6, 6.07) is 0.0996. The van der Waals surface area contributed by atoms with E-state index in [2.05, 4.69) is 9.55 Å². The summed E-state index contributed by atoms with van der Waals surface area (Å²) >= 11 is 0. The number of nitrogens with zero attached hydrogens (tertiary/aromatic N) is 2. The summed E-state index contributed by atoms with van der Waals surface area (Å²) in [5.74, 6) is 0.867. The third kappa shape index (κ3) is 1.75. The summed E-state index contributed by atoms with van der Waals surface area (Å²) in [5, 5.41) is 0. The van der Waals surface area contributed by atoms with E-state index in [1.165, 1.54) is 19.3 Å². The first-order valence-corrected chi connectivity index (χ1v) is 5.03. The molecule has 1 aromatic rings. The van der Waals surface area contributed by atoms with Crippen molar-refractivity contribution in [2.24, 2.45) is 11.7 Å². The Kier molecular flexibility index (Phi) is 2.36. The van der Waals surface area contributed by atoms with Crippen molar-refractivity contribution in [3.63, 3.8) is 0 Å². The minimum Gasteiger partial charge on any atom is -0.333 e. The molecule has 13 heavy (non-hydrogen) atoms. The number of aromatic nitrogens is 2. The van der Waals surface area contributed by atoms with Crippen LogP contribution in [0.25, 0.3) is 0 Å². The van der Waals surface area contributed by atoms with Crippen molar-refractivity contribution in [3.05, 3.63) is 18.2 Å². The van der Waals surface area contributed by atoms with Gasteiger partial charge in [-0.3, -0.25) is 0 Å². The molecule has 1 fully saturated rings. The predicted molar refractivity (Wildman–Crippen MR) is 52.2 cm³/mol. The molecule has 3 nitrogen and oxygen atoms in total. The van der Waals surface area contributed by atoms with Gasteiger partial charge in [-0.25, -0.2) is 4.98 Å².